The highest BCUT2D eigenvalue weighted by atomic mass is 16.2. The van der Waals surface area contributed by atoms with Crippen molar-refractivity contribution < 1.29 is 4.79 Å². The van der Waals surface area contributed by atoms with E-state index in [-0.39, 0.29) is 5.91 Å². The summed E-state index contributed by atoms with van der Waals surface area (Å²) in [5.74, 6) is -0.0338. The molecule has 0 aliphatic rings. The maximum atomic E-state index is 12.2. The Morgan fingerprint density at radius 1 is 1.44 bits per heavy atom. The molecule has 0 bridgehead atoms. The Balaban J connectivity index is 3.01. The molecule has 0 unspecified atom stereocenters. The summed E-state index contributed by atoms with van der Waals surface area (Å²) in [4.78, 5) is 13.9. The predicted octanol–water partition coefficient (Wildman–Crippen LogP) is 1.36. The fourth-order valence-electron chi connectivity index (χ4n) is 1.68. The summed E-state index contributed by atoms with van der Waals surface area (Å²) in [6.07, 6.45) is 2.48. The minimum absolute atomic E-state index is 0.0338. The second kappa shape index (κ2) is 5.53. The molecule has 16 heavy (non-hydrogen) atoms. The van der Waals surface area contributed by atoms with Crippen LogP contribution in [0.3, 0.4) is 0 Å². The number of carbonyl (C=O) groups is 1. The Morgan fingerprint density at radius 2 is 2.06 bits per heavy atom. The maximum absolute atomic E-state index is 12.2. The molecule has 0 radical (unpaired) electrons. The van der Waals surface area contributed by atoms with Gasteiger partial charge in [0.05, 0.1) is 11.9 Å². The Labute approximate surface area is 96.2 Å². The SMILES string of the molecule is CCCn1ncc(N)c1C(=O)N(CC)CC. The number of carbonyl (C=O) groups excluding carboxylic acids is 1. The molecule has 0 saturated heterocycles. The van der Waals surface area contributed by atoms with Gasteiger partial charge in [0, 0.05) is 19.6 Å². The highest BCUT2D eigenvalue weighted by Gasteiger charge is 2.20. The monoisotopic (exact) mass is 224 g/mol. The first-order valence-electron chi connectivity index (χ1n) is 5.76. The number of aromatic nitrogens is 2. The van der Waals surface area contributed by atoms with Gasteiger partial charge in [-0.3, -0.25) is 9.48 Å². The van der Waals surface area contributed by atoms with Crippen molar-refractivity contribution in [3.8, 4) is 0 Å². The molecule has 1 aromatic rings. The van der Waals surface area contributed by atoms with E-state index >= 15 is 0 Å². The van der Waals surface area contributed by atoms with Gasteiger partial charge in [-0.2, -0.15) is 5.10 Å². The molecule has 0 aliphatic carbocycles. The quantitative estimate of drug-likeness (QED) is 0.821. The molecule has 2 N–H and O–H groups in total. The van der Waals surface area contributed by atoms with E-state index < -0.39 is 0 Å². The van der Waals surface area contributed by atoms with Gasteiger partial charge in [-0.1, -0.05) is 6.92 Å². The number of nitrogens with zero attached hydrogens (tertiary/aromatic N) is 3. The van der Waals surface area contributed by atoms with Crippen molar-refractivity contribution in [2.75, 3.05) is 18.8 Å². The smallest absolute Gasteiger partial charge is 0.274 e. The van der Waals surface area contributed by atoms with Gasteiger partial charge in [0.1, 0.15) is 5.69 Å². The molecular weight excluding hydrogens is 204 g/mol. The van der Waals surface area contributed by atoms with Crippen LogP contribution in [0.1, 0.15) is 37.7 Å². The molecule has 90 valence electrons. The van der Waals surface area contributed by atoms with Gasteiger partial charge in [0.15, 0.2) is 0 Å². The lowest BCUT2D eigenvalue weighted by Gasteiger charge is -2.19. The Bertz CT molecular complexity index is 355. The second-order valence-corrected chi connectivity index (χ2v) is 3.65. The zero-order chi connectivity index (χ0) is 12.1. The normalized spacial score (nSPS) is 10.4. The Hall–Kier alpha value is -1.52. The standard InChI is InChI=1S/C11H20N4O/c1-4-7-15-10(9(12)8-13-15)11(16)14(5-2)6-3/h8H,4-7,12H2,1-3H3. The summed E-state index contributed by atoms with van der Waals surface area (Å²) < 4.78 is 1.69. The van der Waals surface area contributed by atoms with Crippen LogP contribution >= 0.6 is 0 Å². The van der Waals surface area contributed by atoms with Gasteiger partial charge >= 0.3 is 0 Å². The van der Waals surface area contributed by atoms with Crippen molar-refractivity contribution in [3.05, 3.63) is 11.9 Å². The van der Waals surface area contributed by atoms with Crippen LogP contribution in [0.5, 0.6) is 0 Å². The van der Waals surface area contributed by atoms with Gasteiger partial charge in [0.25, 0.3) is 5.91 Å². The molecule has 5 heteroatoms. The average molecular weight is 224 g/mol. The van der Waals surface area contributed by atoms with Gasteiger partial charge in [-0.25, -0.2) is 0 Å². The third kappa shape index (κ3) is 2.35. The lowest BCUT2D eigenvalue weighted by atomic mass is 10.3. The molecule has 0 spiro atoms. The van der Waals surface area contributed by atoms with E-state index in [9.17, 15) is 4.79 Å². The topological polar surface area (TPSA) is 64.2 Å². The van der Waals surface area contributed by atoms with Gasteiger partial charge in [-0.15, -0.1) is 0 Å². The second-order valence-electron chi connectivity index (χ2n) is 3.65. The van der Waals surface area contributed by atoms with Crippen molar-refractivity contribution in [1.29, 1.82) is 0 Å². The number of aryl methyl sites for hydroxylation is 1. The Kier molecular flexibility index (Phi) is 4.34. The first-order valence-corrected chi connectivity index (χ1v) is 5.76. The highest BCUT2D eigenvalue weighted by molar-refractivity contribution is 5.97. The zero-order valence-electron chi connectivity index (χ0n) is 10.2. The van der Waals surface area contributed by atoms with Crippen LogP contribution in [0.4, 0.5) is 5.69 Å². The summed E-state index contributed by atoms with van der Waals surface area (Å²) in [5, 5.41) is 4.12. The van der Waals surface area contributed by atoms with E-state index in [1.54, 1.807) is 15.8 Å². The average Bonchev–Trinajstić information content (AvgIpc) is 2.62. The molecule has 1 aromatic heterocycles. The molecule has 0 atom stereocenters. The van der Waals surface area contributed by atoms with E-state index in [0.29, 0.717) is 24.5 Å². The van der Waals surface area contributed by atoms with Crippen LogP contribution < -0.4 is 5.73 Å². The first-order chi connectivity index (χ1) is 7.65. The van der Waals surface area contributed by atoms with Gasteiger partial charge < -0.3 is 10.6 Å². The number of hydrogen-bond acceptors (Lipinski definition) is 3. The molecule has 1 rings (SSSR count). The van der Waals surface area contributed by atoms with Crippen LogP contribution in [0.2, 0.25) is 0 Å². The van der Waals surface area contributed by atoms with Crippen molar-refractivity contribution in [2.24, 2.45) is 0 Å². The van der Waals surface area contributed by atoms with Crippen LogP contribution in [0, 0.1) is 0 Å². The van der Waals surface area contributed by atoms with Crippen LogP contribution in [-0.2, 0) is 6.54 Å². The van der Waals surface area contributed by atoms with Crippen molar-refractivity contribution in [3.63, 3.8) is 0 Å². The third-order valence-corrected chi connectivity index (χ3v) is 2.56. The summed E-state index contributed by atoms with van der Waals surface area (Å²) in [6.45, 7) is 8.05. The van der Waals surface area contributed by atoms with Crippen LogP contribution in [0.25, 0.3) is 0 Å². The van der Waals surface area contributed by atoms with E-state index in [1.807, 2.05) is 20.8 Å². The lowest BCUT2D eigenvalue weighted by molar-refractivity contribution is 0.0761. The summed E-state index contributed by atoms with van der Waals surface area (Å²) >= 11 is 0. The van der Waals surface area contributed by atoms with Crippen molar-refractivity contribution in [2.45, 2.75) is 33.7 Å². The fourth-order valence-corrected chi connectivity index (χ4v) is 1.68. The summed E-state index contributed by atoms with van der Waals surface area (Å²) in [7, 11) is 0. The number of hydrogen-bond donors (Lipinski definition) is 1. The molecule has 5 nitrogen and oxygen atoms in total. The van der Waals surface area contributed by atoms with Gasteiger partial charge in [-0.05, 0) is 20.3 Å². The highest BCUT2D eigenvalue weighted by Crippen LogP contribution is 2.14. The number of nitrogens with two attached hydrogens (primary N) is 1. The minimum Gasteiger partial charge on any atom is -0.396 e. The van der Waals surface area contributed by atoms with Crippen molar-refractivity contribution >= 4 is 11.6 Å². The molecule has 1 amide bonds. The summed E-state index contributed by atoms with van der Waals surface area (Å²) in [6, 6.07) is 0. The lowest BCUT2D eigenvalue weighted by Crippen LogP contribution is -2.32. The molecule has 0 fully saturated rings. The molecule has 0 saturated carbocycles. The van der Waals surface area contributed by atoms with Crippen molar-refractivity contribution in [1.82, 2.24) is 14.7 Å². The zero-order valence-corrected chi connectivity index (χ0v) is 10.2. The first kappa shape index (κ1) is 12.5. The largest absolute Gasteiger partial charge is 0.396 e. The van der Waals surface area contributed by atoms with E-state index in [0.717, 1.165) is 13.0 Å². The van der Waals surface area contributed by atoms with Crippen LogP contribution in [-0.4, -0.2) is 33.7 Å². The van der Waals surface area contributed by atoms with E-state index in [1.165, 1.54) is 0 Å². The third-order valence-electron chi connectivity index (χ3n) is 2.56. The van der Waals surface area contributed by atoms with E-state index in [4.69, 9.17) is 5.73 Å². The minimum atomic E-state index is -0.0338. The van der Waals surface area contributed by atoms with Crippen LogP contribution in [0.15, 0.2) is 6.20 Å². The van der Waals surface area contributed by atoms with Gasteiger partial charge in [0.2, 0.25) is 0 Å². The number of rotatable bonds is 5. The van der Waals surface area contributed by atoms with E-state index in [2.05, 4.69) is 5.10 Å². The number of nitrogen functional groups attached to an aromatic ring is 1. The predicted molar refractivity (Wildman–Crippen MR) is 64.2 cm³/mol. The summed E-state index contributed by atoms with van der Waals surface area (Å²) in [5.41, 5.74) is 6.77. The Morgan fingerprint density at radius 3 is 2.56 bits per heavy atom. The number of amides is 1. The molecular formula is C11H20N4O. The molecule has 0 aromatic carbocycles. The maximum Gasteiger partial charge on any atom is 0.274 e. The molecule has 0 aliphatic heterocycles. The fraction of sp³-hybridized carbons (Fsp3) is 0.636. The number of anilines is 1. The molecule has 1 heterocycles.